The van der Waals surface area contributed by atoms with Crippen LogP contribution >= 0.6 is 15.9 Å². The van der Waals surface area contributed by atoms with Crippen LogP contribution in [0.15, 0.2) is 47.2 Å². The Bertz CT molecular complexity index is 624. The van der Waals surface area contributed by atoms with E-state index in [-0.39, 0.29) is 11.7 Å². The molecule has 96 valence electrons. The third-order valence-corrected chi connectivity index (χ3v) is 3.08. The summed E-state index contributed by atoms with van der Waals surface area (Å²) in [5.41, 5.74) is 1.39. The van der Waals surface area contributed by atoms with E-state index in [0.717, 1.165) is 4.47 Å². The lowest BCUT2D eigenvalue weighted by molar-refractivity contribution is 0.101. The van der Waals surface area contributed by atoms with E-state index in [2.05, 4.69) is 26.2 Å². The highest BCUT2D eigenvalue weighted by Gasteiger charge is 2.11. The number of carbonyl (C=O) groups excluding carboxylic acids is 2. The van der Waals surface area contributed by atoms with E-state index in [1.54, 1.807) is 30.3 Å². The molecule has 0 aliphatic carbocycles. The Labute approximate surface area is 119 Å². The van der Waals surface area contributed by atoms with Gasteiger partial charge in [0.1, 0.15) is 0 Å². The van der Waals surface area contributed by atoms with Crippen molar-refractivity contribution in [1.29, 1.82) is 0 Å². The molecule has 0 aliphatic heterocycles. The van der Waals surface area contributed by atoms with Crippen molar-refractivity contribution in [3.05, 3.63) is 58.3 Å². The quantitative estimate of drug-likeness (QED) is 0.883. The lowest BCUT2D eigenvalue weighted by atomic mass is 10.1. The molecule has 0 atom stereocenters. The summed E-state index contributed by atoms with van der Waals surface area (Å²) in [5.74, 6) is -0.402. The number of hydrogen-bond donors (Lipinski definition) is 1. The predicted molar refractivity (Wildman–Crippen MR) is 76.3 cm³/mol. The number of amides is 1. The molecular formula is C14H11BrN2O2. The van der Waals surface area contributed by atoms with Crippen LogP contribution in [-0.4, -0.2) is 16.7 Å². The predicted octanol–water partition coefficient (Wildman–Crippen LogP) is 3.30. The summed E-state index contributed by atoms with van der Waals surface area (Å²) in [6.45, 7) is 1.44. The molecule has 0 aliphatic rings. The van der Waals surface area contributed by atoms with Crippen LogP contribution in [0.25, 0.3) is 0 Å². The summed E-state index contributed by atoms with van der Waals surface area (Å²) >= 11 is 3.31. The van der Waals surface area contributed by atoms with Crippen LogP contribution in [0.3, 0.4) is 0 Å². The number of carbonyl (C=O) groups is 2. The van der Waals surface area contributed by atoms with Gasteiger partial charge in [0, 0.05) is 22.4 Å². The van der Waals surface area contributed by atoms with Gasteiger partial charge in [-0.3, -0.25) is 14.6 Å². The Morgan fingerprint density at radius 1 is 1.16 bits per heavy atom. The fourth-order valence-electron chi connectivity index (χ4n) is 1.58. The number of nitrogens with one attached hydrogen (secondary N) is 1. The molecule has 1 amide bonds. The number of benzene rings is 1. The standard InChI is InChI=1S/C14H11BrN2O2/c1-9(18)12-8-16-7-6-13(12)17-14(19)10-2-4-11(15)5-3-10/h2-8H,1H3,(H,16,17,19). The number of hydrogen-bond acceptors (Lipinski definition) is 3. The number of anilines is 1. The fourth-order valence-corrected chi connectivity index (χ4v) is 1.84. The van der Waals surface area contributed by atoms with Gasteiger partial charge in [-0.25, -0.2) is 0 Å². The minimum absolute atomic E-state index is 0.140. The number of pyridine rings is 1. The first-order valence-electron chi connectivity index (χ1n) is 5.60. The summed E-state index contributed by atoms with van der Waals surface area (Å²) in [6, 6.07) is 8.58. The monoisotopic (exact) mass is 318 g/mol. The second-order valence-electron chi connectivity index (χ2n) is 3.94. The second kappa shape index (κ2) is 5.75. The molecule has 0 unspecified atom stereocenters. The third-order valence-electron chi connectivity index (χ3n) is 2.55. The summed E-state index contributed by atoms with van der Waals surface area (Å²) in [6.07, 6.45) is 2.98. The largest absolute Gasteiger partial charge is 0.321 e. The lowest BCUT2D eigenvalue weighted by Crippen LogP contribution is -2.14. The molecule has 0 saturated carbocycles. The van der Waals surface area contributed by atoms with Crippen molar-refractivity contribution < 1.29 is 9.59 Å². The zero-order valence-corrected chi connectivity index (χ0v) is 11.8. The van der Waals surface area contributed by atoms with Gasteiger partial charge in [0.05, 0.1) is 11.3 Å². The number of halogens is 1. The van der Waals surface area contributed by atoms with Crippen LogP contribution in [0, 0.1) is 0 Å². The molecule has 1 N–H and O–H groups in total. The number of nitrogens with zero attached hydrogens (tertiary/aromatic N) is 1. The number of Topliss-reactive ketones (excluding diaryl/α,β-unsaturated/α-hetero) is 1. The molecule has 0 radical (unpaired) electrons. The maximum Gasteiger partial charge on any atom is 0.255 e. The van der Waals surface area contributed by atoms with Gasteiger partial charge < -0.3 is 5.32 Å². The van der Waals surface area contributed by atoms with Gasteiger partial charge in [-0.1, -0.05) is 15.9 Å². The van der Waals surface area contributed by atoms with E-state index in [4.69, 9.17) is 0 Å². The fraction of sp³-hybridized carbons (Fsp3) is 0.0714. The summed E-state index contributed by atoms with van der Waals surface area (Å²) in [5, 5.41) is 2.71. The number of ketones is 1. The Kier molecular flexibility index (Phi) is 4.06. The lowest BCUT2D eigenvalue weighted by Gasteiger charge is -2.08. The van der Waals surface area contributed by atoms with Crippen LogP contribution < -0.4 is 5.32 Å². The van der Waals surface area contributed by atoms with E-state index in [1.807, 2.05) is 0 Å². The maximum atomic E-state index is 12.0. The van der Waals surface area contributed by atoms with Gasteiger partial charge in [-0.05, 0) is 37.3 Å². The zero-order chi connectivity index (χ0) is 13.8. The van der Waals surface area contributed by atoms with Crippen molar-refractivity contribution in [2.45, 2.75) is 6.92 Å². The SMILES string of the molecule is CC(=O)c1cnccc1NC(=O)c1ccc(Br)cc1. The van der Waals surface area contributed by atoms with Crippen molar-refractivity contribution >= 4 is 33.3 Å². The van der Waals surface area contributed by atoms with Gasteiger partial charge in [-0.2, -0.15) is 0 Å². The van der Waals surface area contributed by atoms with E-state index in [0.29, 0.717) is 16.8 Å². The van der Waals surface area contributed by atoms with Crippen LogP contribution in [0.2, 0.25) is 0 Å². The zero-order valence-electron chi connectivity index (χ0n) is 10.2. The van der Waals surface area contributed by atoms with Crippen LogP contribution in [0.1, 0.15) is 27.6 Å². The van der Waals surface area contributed by atoms with Crippen molar-refractivity contribution in [1.82, 2.24) is 4.98 Å². The first-order chi connectivity index (χ1) is 9.08. The molecule has 5 heteroatoms. The molecule has 1 heterocycles. The summed E-state index contributed by atoms with van der Waals surface area (Å²) in [4.78, 5) is 27.4. The van der Waals surface area contributed by atoms with E-state index in [1.165, 1.54) is 19.3 Å². The van der Waals surface area contributed by atoms with Gasteiger partial charge >= 0.3 is 0 Å². The normalized spacial score (nSPS) is 10.0. The number of aromatic nitrogens is 1. The molecule has 0 bridgehead atoms. The van der Waals surface area contributed by atoms with E-state index < -0.39 is 0 Å². The van der Waals surface area contributed by atoms with Crippen molar-refractivity contribution in [2.24, 2.45) is 0 Å². The van der Waals surface area contributed by atoms with Gasteiger partial charge in [-0.15, -0.1) is 0 Å². The smallest absolute Gasteiger partial charge is 0.255 e. The molecule has 4 nitrogen and oxygen atoms in total. The number of rotatable bonds is 3. The van der Waals surface area contributed by atoms with Crippen molar-refractivity contribution in [3.8, 4) is 0 Å². The Hall–Kier alpha value is -2.01. The molecule has 0 spiro atoms. The average Bonchev–Trinajstić information content (AvgIpc) is 2.39. The minimum atomic E-state index is -0.263. The Morgan fingerprint density at radius 3 is 2.47 bits per heavy atom. The molecule has 0 fully saturated rings. The minimum Gasteiger partial charge on any atom is -0.321 e. The third kappa shape index (κ3) is 3.26. The highest BCUT2D eigenvalue weighted by molar-refractivity contribution is 9.10. The maximum absolute atomic E-state index is 12.0. The molecule has 2 aromatic rings. The highest BCUT2D eigenvalue weighted by atomic mass is 79.9. The molecule has 1 aromatic heterocycles. The molecule has 2 rings (SSSR count). The van der Waals surface area contributed by atoms with Crippen molar-refractivity contribution in [2.75, 3.05) is 5.32 Å². The summed E-state index contributed by atoms with van der Waals surface area (Å²) in [7, 11) is 0. The Morgan fingerprint density at radius 2 is 1.84 bits per heavy atom. The highest BCUT2D eigenvalue weighted by Crippen LogP contribution is 2.16. The van der Waals surface area contributed by atoms with Crippen LogP contribution in [-0.2, 0) is 0 Å². The average molecular weight is 319 g/mol. The van der Waals surface area contributed by atoms with Gasteiger partial charge in [0.2, 0.25) is 0 Å². The second-order valence-corrected chi connectivity index (χ2v) is 4.85. The van der Waals surface area contributed by atoms with E-state index in [9.17, 15) is 9.59 Å². The first-order valence-corrected chi connectivity index (χ1v) is 6.39. The van der Waals surface area contributed by atoms with Gasteiger partial charge in [0.25, 0.3) is 5.91 Å². The molecule has 1 aromatic carbocycles. The molecule has 0 saturated heterocycles. The first kappa shape index (κ1) is 13.4. The van der Waals surface area contributed by atoms with Crippen molar-refractivity contribution in [3.63, 3.8) is 0 Å². The van der Waals surface area contributed by atoms with Gasteiger partial charge in [0.15, 0.2) is 5.78 Å². The van der Waals surface area contributed by atoms with Crippen LogP contribution in [0.4, 0.5) is 5.69 Å². The van der Waals surface area contributed by atoms with E-state index >= 15 is 0 Å². The topological polar surface area (TPSA) is 59.1 Å². The van der Waals surface area contributed by atoms with Crippen LogP contribution in [0.5, 0.6) is 0 Å². The summed E-state index contributed by atoms with van der Waals surface area (Å²) < 4.78 is 0.900. The molecule has 19 heavy (non-hydrogen) atoms. The molecular weight excluding hydrogens is 308 g/mol. The Balaban J connectivity index is 2.24.